The van der Waals surface area contributed by atoms with Gasteiger partial charge in [0.05, 0.1) is 5.56 Å². The first-order valence-electron chi connectivity index (χ1n) is 8.01. The lowest BCUT2D eigenvalue weighted by Crippen LogP contribution is -2.10. The molecular formula is C21H17NO4. The number of aryl methyl sites for hydroxylation is 1. The third-order valence-corrected chi connectivity index (χ3v) is 3.83. The van der Waals surface area contributed by atoms with Gasteiger partial charge in [0.25, 0.3) is 0 Å². The number of carboxylic acids is 1. The summed E-state index contributed by atoms with van der Waals surface area (Å²) in [5, 5.41) is 11.7. The summed E-state index contributed by atoms with van der Waals surface area (Å²) in [6.45, 7) is 1.80. The van der Waals surface area contributed by atoms with Crippen molar-refractivity contribution in [2.75, 3.05) is 5.32 Å². The first-order valence-corrected chi connectivity index (χ1v) is 8.01. The zero-order chi connectivity index (χ0) is 18.5. The lowest BCUT2D eigenvalue weighted by molar-refractivity contribution is -0.111. The molecule has 1 amide bonds. The molecule has 0 aliphatic rings. The van der Waals surface area contributed by atoms with E-state index < -0.39 is 5.97 Å². The maximum Gasteiger partial charge on any atom is 0.335 e. The number of carboxylic acid groups (broad SMARTS) is 1. The van der Waals surface area contributed by atoms with Gasteiger partial charge >= 0.3 is 5.97 Å². The maximum atomic E-state index is 12.1. The zero-order valence-electron chi connectivity index (χ0n) is 14.1. The van der Waals surface area contributed by atoms with Crippen LogP contribution in [0.5, 0.6) is 0 Å². The van der Waals surface area contributed by atoms with Crippen molar-refractivity contribution in [2.45, 2.75) is 6.92 Å². The highest BCUT2D eigenvalue weighted by atomic mass is 16.4. The molecule has 0 unspecified atom stereocenters. The average molecular weight is 347 g/mol. The molecule has 5 nitrogen and oxygen atoms in total. The second kappa shape index (κ2) is 7.53. The molecule has 3 aromatic rings. The van der Waals surface area contributed by atoms with E-state index in [0.717, 1.165) is 16.9 Å². The second-order valence-corrected chi connectivity index (χ2v) is 5.73. The number of benzene rings is 2. The molecule has 0 spiro atoms. The Hall–Kier alpha value is -3.60. The molecule has 5 heteroatoms. The van der Waals surface area contributed by atoms with E-state index in [4.69, 9.17) is 9.52 Å². The molecule has 2 N–H and O–H groups in total. The van der Waals surface area contributed by atoms with Crippen LogP contribution in [0.15, 0.2) is 71.2 Å². The molecule has 0 aliphatic carbocycles. The van der Waals surface area contributed by atoms with Crippen LogP contribution in [0.3, 0.4) is 0 Å². The number of aromatic carboxylic acids is 1. The van der Waals surface area contributed by atoms with E-state index in [2.05, 4.69) is 5.32 Å². The topological polar surface area (TPSA) is 79.5 Å². The molecule has 0 aliphatic heterocycles. The van der Waals surface area contributed by atoms with Crippen molar-refractivity contribution < 1.29 is 19.1 Å². The molecule has 2 aromatic carbocycles. The molecule has 0 saturated heterocycles. The summed E-state index contributed by atoms with van der Waals surface area (Å²) in [5.41, 5.74) is 2.32. The molecule has 0 atom stereocenters. The minimum Gasteiger partial charge on any atom is -0.478 e. The first-order chi connectivity index (χ1) is 12.5. The summed E-state index contributed by atoms with van der Waals surface area (Å²) in [6, 6.07) is 17.9. The van der Waals surface area contributed by atoms with Crippen molar-refractivity contribution in [3.8, 4) is 11.3 Å². The van der Waals surface area contributed by atoms with Crippen LogP contribution < -0.4 is 5.32 Å². The van der Waals surface area contributed by atoms with Gasteiger partial charge in [0.1, 0.15) is 11.5 Å². The van der Waals surface area contributed by atoms with Gasteiger partial charge in [-0.05, 0) is 42.8 Å². The number of anilines is 1. The van der Waals surface area contributed by atoms with E-state index in [9.17, 15) is 9.59 Å². The van der Waals surface area contributed by atoms with Gasteiger partial charge in [0, 0.05) is 17.3 Å². The van der Waals surface area contributed by atoms with Crippen molar-refractivity contribution in [3.05, 3.63) is 83.6 Å². The van der Waals surface area contributed by atoms with Gasteiger partial charge in [-0.15, -0.1) is 0 Å². The van der Waals surface area contributed by atoms with Gasteiger partial charge in [0.2, 0.25) is 5.91 Å². The van der Waals surface area contributed by atoms with Gasteiger partial charge in [0.15, 0.2) is 0 Å². The highest BCUT2D eigenvalue weighted by Crippen LogP contribution is 2.22. The number of carbonyl (C=O) groups is 2. The molecule has 0 saturated carbocycles. The number of nitrogens with one attached hydrogen (secondary N) is 1. The zero-order valence-corrected chi connectivity index (χ0v) is 14.1. The van der Waals surface area contributed by atoms with Crippen LogP contribution in [-0.2, 0) is 4.79 Å². The Morgan fingerprint density at radius 1 is 1.04 bits per heavy atom. The van der Waals surface area contributed by atoms with Crippen LogP contribution in [0.25, 0.3) is 17.4 Å². The van der Waals surface area contributed by atoms with Gasteiger partial charge in [-0.2, -0.15) is 0 Å². The minimum absolute atomic E-state index is 0.119. The van der Waals surface area contributed by atoms with E-state index in [1.165, 1.54) is 18.2 Å². The molecule has 26 heavy (non-hydrogen) atoms. The van der Waals surface area contributed by atoms with Gasteiger partial charge in [-0.3, -0.25) is 4.79 Å². The molecule has 0 bridgehead atoms. The van der Waals surface area contributed by atoms with E-state index in [1.54, 1.807) is 25.1 Å². The molecule has 0 fully saturated rings. The average Bonchev–Trinajstić information content (AvgIpc) is 3.11. The molecule has 3 rings (SSSR count). The third-order valence-electron chi connectivity index (χ3n) is 3.83. The highest BCUT2D eigenvalue weighted by molar-refractivity contribution is 6.03. The minimum atomic E-state index is -1.04. The van der Waals surface area contributed by atoms with Gasteiger partial charge in [-0.1, -0.05) is 36.4 Å². The Morgan fingerprint density at radius 2 is 1.81 bits per heavy atom. The van der Waals surface area contributed by atoms with E-state index in [0.29, 0.717) is 11.4 Å². The predicted octanol–water partition coefficient (Wildman–Crippen LogP) is 4.61. The fraction of sp³-hybridized carbons (Fsp3) is 0.0476. The Morgan fingerprint density at radius 3 is 2.54 bits per heavy atom. The van der Waals surface area contributed by atoms with Gasteiger partial charge < -0.3 is 14.8 Å². The van der Waals surface area contributed by atoms with Crippen molar-refractivity contribution in [1.82, 2.24) is 0 Å². The normalized spacial score (nSPS) is 10.8. The summed E-state index contributed by atoms with van der Waals surface area (Å²) >= 11 is 0. The Kier molecular flexibility index (Phi) is 4.99. The molecule has 130 valence electrons. The standard InChI is InChI=1S/C21H17NO4/c1-14-7-8-16(21(24)25)13-18(14)22-20(23)12-10-17-9-11-19(26-17)15-5-3-2-4-6-15/h2-13H,1H3,(H,22,23)(H,24,25)/b12-10+. The van der Waals surface area contributed by atoms with Gasteiger partial charge in [-0.25, -0.2) is 4.79 Å². The van der Waals surface area contributed by atoms with E-state index in [1.807, 2.05) is 36.4 Å². The number of carbonyl (C=O) groups excluding carboxylic acids is 1. The monoisotopic (exact) mass is 347 g/mol. The van der Waals surface area contributed by atoms with Crippen LogP contribution in [0.1, 0.15) is 21.7 Å². The highest BCUT2D eigenvalue weighted by Gasteiger charge is 2.08. The summed E-state index contributed by atoms with van der Waals surface area (Å²) < 4.78 is 5.70. The Labute approximate surface area is 150 Å². The molecule has 1 aromatic heterocycles. The largest absolute Gasteiger partial charge is 0.478 e. The van der Waals surface area contributed by atoms with Crippen molar-refractivity contribution in [1.29, 1.82) is 0 Å². The van der Waals surface area contributed by atoms with Crippen molar-refractivity contribution >= 4 is 23.6 Å². The van der Waals surface area contributed by atoms with Crippen LogP contribution >= 0.6 is 0 Å². The summed E-state index contributed by atoms with van der Waals surface area (Å²) in [6.07, 6.45) is 2.92. The fourth-order valence-corrected chi connectivity index (χ4v) is 2.42. The number of hydrogen-bond donors (Lipinski definition) is 2. The summed E-state index contributed by atoms with van der Waals surface area (Å²) in [7, 11) is 0. The lowest BCUT2D eigenvalue weighted by Gasteiger charge is -2.07. The predicted molar refractivity (Wildman–Crippen MR) is 99.9 cm³/mol. The van der Waals surface area contributed by atoms with E-state index >= 15 is 0 Å². The van der Waals surface area contributed by atoms with Crippen LogP contribution in [0, 0.1) is 6.92 Å². The Bertz CT molecular complexity index is 971. The maximum absolute atomic E-state index is 12.1. The number of furan rings is 1. The summed E-state index contributed by atoms with van der Waals surface area (Å²) in [4.78, 5) is 23.2. The lowest BCUT2D eigenvalue weighted by atomic mass is 10.1. The van der Waals surface area contributed by atoms with Crippen LogP contribution in [0.4, 0.5) is 5.69 Å². The number of hydrogen-bond acceptors (Lipinski definition) is 3. The SMILES string of the molecule is Cc1ccc(C(=O)O)cc1NC(=O)/C=C/c1ccc(-c2ccccc2)o1. The first kappa shape index (κ1) is 17.2. The molecular weight excluding hydrogens is 330 g/mol. The number of rotatable bonds is 5. The molecule has 1 heterocycles. The second-order valence-electron chi connectivity index (χ2n) is 5.73. The third kappa shape index (κ3) is 4.08. The number of amides is 1. The van der Waals surface area contributed by atoms with Crippen molar-refractivity contribution in [3.63, 3.8) is 0 Å². The smallest absolute Gasteiger partial charge is 0.335 e. The fourth-order valence-electron chi connectivity index (χ4n) is 2.42. The Balaban J connectivity index is 1.70. The van der Waals surface area contributed by atoms with Crippen LogP contribution in [-0.4, -0.2) is 17.0 Å². The van der Waals surface area contributed by atoms with E-state index in [-0.39, 0.29) is 11.5 Å². The summed E-state index contributed by atoms with van der Waals surface area (Å²) in [5.74, 6) is -0.140. The van der Waals surface area contributed by atoms with Crippen LogP contribution in [0.2, 0.25) is 0 Å². The molecule has 0 radical (unpaired) electrons. The quantitative estimate of drug-likeness (QED) is 0.661. The van der Waals surface area contributed by atoms with Crippen molar-refractivity contribution in [2.24, 2.45) is 0 Å².